The van der Waals surface area contributed by atoms with Crippen LogP contribution in [0, 0.1) is 0 Å². The molecule has 1 unspecified atom stereocenters. The summed E-state index contributed by atoms with van der Waals surface area (Å²) in [6.07, 6.45) is -4.15. The van der Waals surface area contributed by atoms with Crippen molar-refractivity contribution in [2.45, 2.75) is 32.1 Å². The molecular weight excluding hydrogens is 475 g/mol. The van der Waals surface area contributed by atoms with Crippen LogP contribution in [0.3, 0.4) is 0 Å². The van der Waals surface area contributed by atoms with Crippen molar-refractivity contribution < 1.29 is 27.9 Å². The number of hydrogen-bond donors (Lipinski definition) is 1. The SMILES string of the molecule is CCC(c1ccc(C(F)(F)F)cc1)N(Cc1ccc(Br)c2ccccc12)C(=O)C(=O)O. The first-order valence-corrected chi connectivity index (χ1v) is 10.3. The van der Waals surface area contributed by atoms with Crippen LogP contribution in [-0.4, -0.2) is 21.9 Å². The van der Waals surface area contributed by atoms with Crippen molar-refractivity contribution in [3.63, 3.8) is 0 Å². The summed E-state index contributed by atoms with van der Waals surface area (Å²) in [5.74, 6) is -2.73. The molecule has 3 rings (SSSR count). The Morgan fingerprint density at radius 1 is 1.00 bits per heavy atom. The van der Waals surface area contributed by atoms with Gasteiger partial charge in [-0.1, -0.05) is 65.3 Å². The molecule has 0 aliphatic heterocycles. The summed E-state index contributed by atoms with van der Waals surface area (Å²) in [6.45, 7) is 1.75. The van der Waals surface area contributed by atoms with E-state index in [-0.39, 0.29) is 6.54 Å². The zero-order chi connectivity index (χ0) is 22.8. The predicted octanol–water partition coefficient (Wildman–Crippen LogP) is 6.19. The van der Waals surface area contributed by atoms with Crippen LogP contribution in [0.25, 0.3) is 10.8 Å². The van der Waals surface area contributed by atoms with E-state index in [1.165, 1.54) is 17.0 Å². The number of hydrogen-bond acceptors (Lipinski definition) is 2. The molecule has 0 radical (unpaired) electrons. The molecule has 1 atom stereocenters. The number of aliphatic carboxylic acids is 1. The van der Waals surface area contributed by atoms with Crippen molar-refractivity contribution in [2.24, 2.45) is 0 Å². The van der Waals surface area contributed by atoms with Gasteiger partial charge in [-0.15, -0.1) is 0 Å². The third kappa shape index (κ3) is 4.90. The van der Waals surface area contributed by atoms with Gasteiger partial charge in [0.05, 0.1) is 11.6 Å². The second-order valence-electron chi connectivity index (χ2n) is 7.03. The second kappa shape index (κ2) is 9.09. The molecule has 0 fully saturated rings. The standard InChI is InChI=1S/C23H19BrF3NO3/c1-2-20(14-7-10-16(11-8-14)23(25,26)27)28(21(29)22(30)31)13-15-9-12-19(24)18-6-4-3-5-17(15)18/h3-12,20H,2,13H2,1H3,(H,30,31). The van der Waals surface area contributed by atoms with Crippen LogP contribution < -0.4 is 0 Å². The molecule has 1 amide bonds. The normalized spacial score (nSPS) is 12.5. The van der Waals surface area contributed by atoms with Crippen molar-refractivity contribution in [2.75, 3.05) is 0 Å². The minimum Gasteiger partial charge on any atom is -0.474 e. The summed E-state index contributed by atoms with van der Waals surface area (Å²) >= 11 is 3.48. The Kier molecular flexibility index (Phi) is 6.69. The van der Waals surface area contributed by atoms with Crippen molar-refractivity contribution in [1.82, 2.24) is 4.90 Å². The molecule has 8 heteroatoms. The molecule has 3 aromatic rings. The molecule has 0 aliphatic rings. The Morgan fingerprint density at radius 3 is 2.16 bits per heavy atom. The maximum atomic E-state index is 12.9. The number of fused-ring (bicyclic) bond motifs is 1. The topological polar surface area (TPSA) is 57.6 Å². The van der Waals surface area contributed by atoms with Crippen LogP contribution in [0.1, 0.15) is 36.1 Å². The Morgan fingerprint density at radius 2 is 1.61 bits per heavy atom. The zero-order valence-electron chi connectivity index (χ0n) is 16.5. The average molecular weight is 494 g/mol. The molecular formula is C23H19BrF3NO3. The first kappa shape index (κ1) is 22.8. The highest BCUT2D eigenvalue weighted by Gasteiger charge is 2.32. The highest BCUT2D eigenvalue weighted by Crippen LogP contribution is 2.34. The minimum absolute atomic E-state index is 0.00153. The van der Waals surface area contributed by atoms with E-state index in [0.29, 0.717) is 12.0 Å². The highest BCUT2D eigenvalue weighted by molar-refractivity contribution is 9.10. The average Bonchev–Trinajstić information content (AvgIpc) is 2.74. The molecule has 0 spiro atoms. The molecule has 0 aliphatic carbocycles. The van der Waals surface area contributed by atoms with E-state index in [0.717, 1.165) is 32.9 Å². The molecule has 0 saturated heterocycles. The van der Waals surface area contributed by atoms with Crippen LogP contribution in [0.2, 0.25) is 0 Å². The lowest BCUT2D eigenvalue weighted by atomic mass is 9.98. The van der Waals surface area contributed by atoms with Gasteiger partial charge in [0.2, 0.25) is 0 Å². The van der Waals surface area contributed by atoms with Crippen LogP contribution in [0.4, 0.5) is 13.2 Å². The van der Waals surface area contributed by atoms with Crippen LogP contribution in [-0.2, 0) is 22.3 Å². The van der Waals surface area contributed by atoms with Gasteiger partial charge < -0.3 is 10.0 Å². The summed E-state index contributed by atoms with van der Waals surface area (Å²) < 4.78 is 39.6. The van der Waals surface area contributed by atoms with Crippen LogP contribution in [0.5, 0.6) is 0 Å². The lowest BCUT2D eigenvalue weighted by molar-refractivity contribution is -0.157. The maximum absolute atomic E-state index is 12.9. The second-order valence-corrected chi connectivity index (χ2v) is 7.89. The quantitative estimate of drug-likeness (QED) is 0.431. The van der Waals surface area contributed by atoms with E-state index >= 15 is 0 Å². The lowest BCUT2D eigenvalue weighted by Gasteiger charge is -2.31. The maximum Gasteiger partial charge on any atom is 0.416 e. The van der Waals surface area contributed by atoms with E-state index in [4.69, 9.17) is 0 Å². The minimum atomic E-state index is -4.48. The molecule has 0 bridgehead atoms. The number of carboxylic acid groups (broad SMARTS) is 1. The van der Waals surface area contributed by atoms with E-state index in [1.807, 2.05) is 30.3 Å². The molecule has 4 nitrogen and oxygen atoms in total. The van der Waals surface area contributed by atoms with Crippen LogP contribution >= 0.6 is 15.9 Å². The highest BCUT2D eigenvalue weighted by atomic mass is 79.9. The third-order valence-corrected chi connectivity index (χ3v) is 5.82. The van der Waals surface area contributed by atoms with E-state index in [1.54, 1.807) is 13.0 Å². The molecule has 0 heterocycles. The molecule has 162 valence electrons. The number of nitrogens with zero attached hydrogens (tertiary/aromatic N) is 1. The summed E-state index contributed by atoms with van der Waals surface area (Å²) in [4.78, 5) is 25.3. The van der Waals surface area contributed by atoms with Gasteiger partial charge in [-0.2, -0.15) is 13.2 Å². The fourth-order valence-corrected chi connectivity index (χ4v) is 4.10. The van der Waals surface area contributed by atoms with E-state index in [2.05, 4.69) is 15.9 Å². The Hall–Kier alpha value is -2.87. The molecule has 0 aromatic heterocycles. The lowest BCUT2D eigenvalue weighted by Crippen LogP contribution is -2.38. The summed E-state index contributed by atoms with van der Waals surface area (Å²) in [6, 6.07) is 14.9. The number of halogens is 4. The van der Waals surface area contributed by atoms with Gasteiger partial charge in [-0.25, -0.2) is 4.79 Å². The van der Waals surface area contributed by atoms with Gasteiger partial charge in [0.25, 0.3) is 0 Å². The molecule has 1 N–H and O–H groups in total. The Labute approximate surface area is 185 Å². The number of rotatable bonds is 5. The number of carbonyl (C=O) groups excluding carboxylic acids is 1. The first-order chi connectivity index (χ1) is 14.6. The molecule has 3 aromatic carbocycles. The largest absolute Gasteiger partial charge is 0.474 e. The molecule has 31 heavy (non-hydrogen) atoms. The number of benzene rings is 3. The predicted molar refractivity (Wildman–Crippen MR) is 114 cm³/mol. The fourth-order valence-electron chi connectivity index (χ4n) is 3.62. The number of alkyl halides is 3. The van der Waals surface area contributed by atoms with Gasteiger partial charge in [-0.3, -0.25) is 4.79 Å². The molecule has 0 saturated carbocycles. The third-order valence-electron chi connectivity index (χ3n) is 5.13. The monoisotopic (exact) mass is 493 g/mol. The van der Waals surface area contributed by atoms with Gasteiger partial charge in [0.15, 0.2) is 0 Å². The smallest absolute Gasteiger partial charge is 0.416 e. The zero-order valence-corrected chi connectivity index (χ0v) is 18.1. The summed E-state index contributed by atoms with van der Waals surface area (Å²) in [5.41, 5.74) is 0.367. The van der Waals surface area contributed by atoms with Gasteiger partial charge in [0.1, 0.15) is 0 Å². The number of carboxylic acids is 1. The Bertz CT molecular complexity index is 1110. The van der Waals surface area contributed by atoms with Gasteiger partial charge >= 0.3 is 18.1 Å². The number of carbonyl (C=O) groups is 2. The van der Waals surface area contributed by atoms with Crippen LogP contribution in [0.15, 0.2) is 65.1 Å². The van der Waals surface area contributed by atoms with Crippen molar-refractivity contribution in [3.05, 3.63) is 81.8 Å². The first-order valence-electron chi connectivity index (χ1n) is 9.50. The van der Waals surface area contributed by atoms with Crippen molar-refractivity contribution in [3.8, 4) is 0 Å². The van der Waals surface area contributed by atoms with Crippen molar-refractivity contribution >= 4 is 38.6 Å². The van der Waals surface area contributed by atoms with Crippen molar-refractivity contribution in [1.29, 1.82) is 0 Å². The van der Waals surface area contributed by atoms with Gasteiger partial charge in [-0.05, 0) is 46.5 Å². The number of amides is 1. The summed E-state index contributed by atoms with van der Waals surface area (Å²) in [5, 5.41) is 11.1. The van der Waals surface area contributed by atoms with E-state index < -0.39 is 29.7 Å². The fraction of sp³-hybridized carbons (Fsp3) is 0.217. The van der Waals surface area contributed by atoms with E-state index in [9.17, 15) is 27.9 Å². The summed E-state index contributed by atoms with van der Waals surface area (Å²) in [7, 11) is 0. The van der Waals surface area contributed by atoms with Gasteiger partial charge in [0, 0.05) is 11.0 Å². The Balaban J connectivity index is 2.04.